The molecule has 0 fully saturated rings. The van der Waals surface area contributed by atoms with Crippen LogP contribution in [0.25, 0.3) is 29.9 Å². The molecule has 1 aromatic heterocycles. The van der Waals surface area contributed by atoms with Crippen molar-refractivity contribution in [2.75, 3.05) is 5.32 Å². The number of hydrogen-bond donors (Lipinski definition) is 4. The number of allylic oxidation sites excluding steroid dienone is 1. The van der Waals surface area contributed by atoms with Gasteiger partial charge < -0.3 is 20.5 Å². The van der Waals surface area contributed by atoms with Crippen molar-refractivity contribution < 1.29 is 19.8 Å². The highest BCUT2D eigenvalue weighted by Crippen LogP contribution is 2.30. The number of anilines is 2. The number of nitrogens with one attached hydrogen (secondary N) is 2. The van der Waals surface area contributed by atoms with Crippen molar-refractivity contribution in [1.29, 1.82) is 5.26 Å². The second kappa shape index (κ2) is 9.82. The zero-order chi connectivity index (χ0) is 25.8. The number of carbonyl (C=O) groups is 2. The van der Waals surface area contributed by atoms with E-state index in [9.17, 15) is 24.3 Å². The molecule has 4 N–H and O–H groups in total. The maximum atomic E-state index is 12.9. The van der Waals surface area contributed by atoms with Gasteiger partial charge in [-0.05, 0) is 41.0 Å². The summed E-state index contributed by atoms with van der Waals surface area (Å²) in [4.78, 5) is 50.1. The molecule has 0 saturated heterocycles. The molecule has 1 aliphatic heterocycles. The third-order valence-electron chi connectivity index (χ3n) is 5.38. The summed E-state index contributed by atoms with van der Waals surface area (Å²) < 4.78 is 0.534. The second-order valence-corrected chi connectivity index (χ2v) is 7.71. The van der Waals surface area contributed by atoms with Gasteiger partial charge in [0.2, 0.25) is 0 Å². The normalized spacial score (nSPS) is 13.2. The topological polar surface area (TPSA) is 165 Å². The van der Waals surface area contributed by atoms with Gasteiger partial charge >= 0.3 is 11.9 Å². The molecule has 1 aliphatic rings. The first-order chi connectivity index (χ1) is 17.3. The maximum absolute atomic E-state index is 12.9. The quantitative estimate of drug-likeness (QED) is 0.328. The second-order valence-electron chi connectivity index (χ2n) is 7.71. The number of carboxylic acids is 2. The first kappa shape index (κ1) is 23.7. The molecule has 2 aromatic carbocycles. The Balaban J connectivity index is 1.76. The van der Waals surface area contributed by atoms with Gasteiger partial charge in [0.1, 0.15) is 23.3 Å². The molecule has 0 spiro atoms. The smallest absolute Gasteiger partial charge is 0.350 e. The monoisotopic (exact) mass is 482 g/mol. The molecule has 0 bridgehead atoms. The Labute approximate surface area is 202 Å². The Kier molecular flexibility index (Phi) is 6.47. The van der Waals surface area contributed by atoms with Gasteiger partial charge in [-0.3, -0.25) is 19.0 Å². The lowest BCUT2D eigenvalue weighted by molar-refractivity contribution is -0.138. The lowest BCUT2D eigenvalue weighted by atomic mass is 10.1. The number of aliphatic carboxylic acids is 2. The largest absolute Gasteiger partial charge is 0.480 e. The SMILES string of the molecule is N#C/C(C(=O)O)=c1/[nH]c(=O)/c(=C\C=C\c2ccc3c(c2)C=Cc2ccccc2N3)c(=O)n1CC(=O)O. The van der Waals surface area contributed by atoms with Crippen molar-refractivity contribution in [1.82, 2.24) is 9.55 Å². The summed E-state index contributed by atoms with van der Waals surface area (Å²) in [5.41, 5.74) is 0.978. The lowest BCUT2D eigenvalue weighted by Crippen LogP contribution is -2.55. The van der Waals surface area contributed by atoms with Crippen LogP contribution < -0.4 is 27.1 Å². The number of hydrogen-bond acceptors (Lipinski definition) is 6. The van der Waals surface area contributed by atoms with Crippen LogP contribution in [0, 0.1) is 11.3 Å². The molecule has 10 nitrogen and oxygen atoms in total. The molecule has 0 amide bonds. The Morgan fingerprint density at radius 1 is 1.03 bits per heavy atom. The minimum Gasteiger partial charge on any atom is -0.480 e. The van der Waals surface area contributed by atoms with Crippen LogP contribution in [0.5, 0.6) is 0 Å². The van der Waals surface area contributed by atoms with Crippen LogP contribution in [-0.2, 0) is 16.1 Å². The number of benzene rings is 2. The van der Waals surface area contributed by atoms with E-state index in [1.54, 1.807) is 6.08 Å². The standard InChI is InChI=1S/C26H18N4O6/c27-13-19(26(35)36)23-29-24(33)18(25(34)30(23)14-22(31)32)6-3-4-15-8-11-21-17(12-15)10-9-16-5-1-2-7-20(16)28-21/h1-12,28H,14H2,(H,29,33)(H,31,32)(H,35,36)/b4-3+,18-6+,23-19+. The highest BCUT2D eigenvalue weighted by molar-refractivity contribution is 6.13. The number of nitrogens with zero attached hydrogens (tertiary/aromatic N) is 2. The minimum atomic E-state index is -1.71. The zero-order valence-corrected chi connectivity index (χ0v) is 18.6. The molecule has 178 valence electrons. The van der Waals surface area contributed by atoms with Gasteiger partial charge in [0.15, 0.2) is 5.57 Å². The fourth-order valence-corrected chi connectivity index (χ4v) is 3.69. The number of H-pyrrole nitrogens is 1. The highest BCUT2D eigenvalue weighted by atomic mass is 16.4. The van der Waals surface area contributed by atoms with Gasteiger partial charge in [-0.25, -0.2) is 4.79 Å². The Hall–Kier alpha value is -5.43. The first-order valence-electron chi connectivity index (χ1n) is 10.6. The molecule has 0 aliphatic carbocycles. The molecule has 0 saturated carbocycles. The van der Waals surface area contributed by atoms with E-state index >= 15 is 0 Å². The average molecular weight is 482 g/mol. The number of aromatic amines is 1. The van der Waals surface area contributed by atoms with Gasteiger partial charge in [-0.15, -0.1) is 0 Å². The van der Waals surface area contributed by atoms with Crippen molar-refractivity contribution >= 4 is 53.2 Å². The molecule has 10 heteroatoms. The van der Waals surface area contributed by atoms with Crippen LogP contribution in [0.15, 0.2) is 58.1 Å². The summed E-state index contributed by atoms with van der Waals surface area (Å²) in [6.07, 6.45) is 8.27. The van der Waals surface area contributed by atoms with E-state index in [0.29, 0.717) is 4.57 Å². The minimum absolute atomic E-state index is 0.411. The molecule has 0 unspecified atom stereocenters. The first-order valence-corrected chi connectivity index (χ1v) is 10.6. The van der Waals surface area contributed by atoms with Gasteiger partial charge in [0.05, 0.1) is 0 Å². The molecule has 2 heterocycles. The van der Waals surface area contributed by atoms with Gasteiger partial charge in [0.25, 0.3) is 11.1 Å². The van der Waals surface area contributed by atoms with Crippen molar-refractivity contribution in [2.45, 2.75) is 6.54 Å². The Morgan fingerprint density at radius 3 is 2.47 bits per heavy atom. The van der Waals surface area contributed by atoms with Crippen molar-refractivity contribution in [3.05, 3.63) is 96.6 Å². The van der Waals surface area contributed by atoms with Crippen molar-refractivity contribution in [2.24, 2.45) is 0 Å². The van der Waals surface area contributed by atoms with E-state index in [2.05, 4.69) is 10.3 Å². The molecule has 4 rings (SSSR count). The predicted molar refractivity (Wildman–Crippen MR) is 133 cm³/mol. The summed E-state index contributed by atoms with van der Waals surface area (Å²) in [6, 6.07) is 14.9. The lowest BCUT2D eigenvalue weighted by Gasteiger charge is -2.10. The Morgan fingerprint density at radius 2 is 1.75 bits per heavy atom. The van der Waals surface area contributed by atoms with Gasteiger partial charge in [0, 0.05) is 11.4 Å². The van der Waals surface area contributed by atoms with Gasteiger partial charge in [-0.1, -0.05) is 48.6 Å². The van der Waals surface area contributed by atoms with Crippen molar-refractivity contribution in [3.63, 3.8) is 0 Å². The number of rotatable bonds is 5. The van der Waals surface area contributed by atoms with E-state index in [0.717, 1.165) is 28.1 Å². The van der Waals surface area contributed by atoms with Gasteiger partial charge in [-0.2, -0.15) is 5.26 Å². The average Bonchev–Trinajstić information content (AvgIpc) is 3.02. The van der Waals surface area contributed by atoms with E-state index in [1.807, 2.05) is 54.6 Å². The number of para-hydroxylation sites is 1. The summed E-state index contributed by atoms with van der Waals surface area (Å²) in [7, 11) is 0. The number of fused-ring (bicyclic) bond motifs is 2. The molecular weight excluding hydrogens is 464 g/mol. The van der Waals surface area contributed by atoms with E-state index < -0.39 is 45.9 Å². The molecule has 0 radical (unpaired) electrons. The fraction of sp³-hybridized carbons (Fsp3) is 0.0385. The molecule has 0 atom stereocenters. The van der Waals surface area contributed by atoms with Crippen LogP contribution >= 0.6 is 0 Å². The molecule has 36 heavy (non-hydrogen) atoms. The Bertz CT molecular complexity index is 1750. The van der Waals surface area contributed by atoms with Crippen LogP contribution in [0.1, 0.15) is 16.7 Å². The van der Waals surface area contributed by atoms with Crippen LogP contribution in [0.3, 0.4) is 0 Å². The van der Waals surface area contributed by atoms with E-state index in [1.165, 1.54) is 18.2 Å². The summed E-state index contributed by atoms with van der Waals surface area (Å²) in [6.45, 7) is -0.944. The molecular formula is C26H18N4O6. The summed E-state index contributed by atoms with van der Waals surface area (Å²) in [5, 5.41) is 30.4. The maximum Gasteiger partial charge on any atom is 0.350 e. The fourth-order valence-electron chi connectivity index (χ4n) is 3.69. The van der Waals surface area contributed by atoms with Crippen LogP contribution in [0.4, 0.5) is 11.4 Å². The zero-order valence-electron chi connectivity index (χ0n) is 18.6. The number of aromatic nitrogens is 2. The van der Waals surface area contributed by atoms with Crippen LogP contribution in [-0.4, -0.2) is 31.7 Å². The van der Waals surface area contributed by atoms with E-state index in [-0.39, 0.29) is 0 Å². The highest BCUT2D eigenvalue weighted by Gasteiger charge is 2.15. The third-order valence-corrected chi connectivity index (χ3v) is 5.38. The number of carboxylic acid groups (broad SMARTS) is 2. The van der Waals surface area contributed by atoms with Crippen molar-refractivity contribution in [3.8, 4) is 6.07 Å². The third kappa shape index (κ3) is 4.76. The predicted octanol–water partition coefficient (Wildman–Crippen LogP) is 1.10. The summed E-state index contributed by atoms with van der Waals surface area (Å²) in [5.74, 6) is -3.17. The van der Waals surface area contributed by atoms with E-state index in [4.69, 9.17) is 10.4 Å². The van der Waals surface area contributed by atoms with Crippen LogP contribution in [0.2, 0.25) is 0 Å². The molecule has 3 aromatic rings. The number of nitriles is 1. The summed E-state index contributed by atoms with van der Waals surface area (Å²) >= 11 is 0.